The summed E-state index contributed by atoms with van der Waals surface area (Å²) in [5, 5.41) is 6.11. The Morgan fingerprint density at radius 1 is 1.25 bits per heavy atom. The first-order valence-corrected chi connectivity index (χ1v) is 10.1. The van der Waals surface area contributed by atoms with Crippen LogP contribution in [0.5, 0.6) is 0 Å². The molecule has 7 heteroatoms. The van der Waals surface area contributed by atoms with Crippen molar-refractivity contribution in [3.63, 3.8) is 0 Å². The molecule has 2 aromatic carbocycles. The lowest BCUT2D eigenvalue weighted by atomic mass is 10.2. The van der Waals surface area contributed by atoms with Gasteiger partial charge in [-0.1, -0.05) is 28.1 Å². The van der Waals surface area contributed by atoms with Gasteiger partial charge in [0.25, 0.3) is 5.91 Å². The molecule has 0 radical (unpaired) electrons. The highest BCUT2D eigenvalue weighted by Crippen LogP contribution is 2.17. The van der Waals surface area contributed by atoms with Crippen LogP contribution in [0.1, 0.15) is 23.2 Å². The zero-order chi connectivity index (χ0) is 19.9. The van der Waals surface area contributed by atoms with E-state index in [1.165, 1.54) is 0 Å². The lowest BCUT2D eigenvalue weighted by Crippen LogP contribution is -2.36. The molecule has 0 aliphatic carbocycles. The molecule has 28 heavy (non-hydrogen) atoms. The maximum atomic E-state index is 12.8. The molecule has 1 aliphatic heterocycles. The number of guanidine groups is 1. The summed E-state index contributed by atoms with van der Waals surface area (Å²) in [6.07, 6.45) is 2.15. The van der Waals surface area contributed by atoms with Crippen LogP contribution >= 0.6 is 15.9 Å². The number of ether oxygens (including phenoxy) is 1. The number of benzene rings is 2. The Bertz CT molecular complexity index is 848. The van der Waals surface area contributed by atoms with Gasteiger partial charge in [0.2, 0.25) is 5.96 Å². The number of carbonyl (C=O) groups excluding carboxylic acids is 1. The lowest BCUT2D eigenvalue weighted by Gasteiger charge is -2.15. The summed E-state index contributed by atoms with van der Waals surface area (Å²) in [7, 11) is 3.89. The van der Waals surface area contributed by atoms with Crippen molar-refractivity contribution in [1.82, 2.24) is 5.32 Å². The van der Waals surface area contributed by atoms with Gasteiger partial charge in [-0.05, 0) is 49.2 Å². The Labute approximate surface area is 174 Å². The van der Waals surface area contributed by atoms with Crippen molar-refractivity contribution in [2.24, 2.45) is 4.99 Å². The zero-order valence-corrected chi connectivity index (χ0v) is 17.7. The quantitative estimate of drug-likeness (QED) is 0.542. The van der Waals surface area contributed by atoms with Crippen LogP contribution in [0.15, 0.2) is 58.0 Å². The Morgan fingerprint density at radius 2 is 2.07 bits per heavy atom. The molecule has 148 valence electrons. The third kappa shape index (κ3) is 5.81. The SMILES string of the molecule is CN(C)c1cccc(C(=O)NC(=NC[C@@H]2CCCO2)Nc2cccc(Br)c2)c1. The highest BCUT2D eigenvalue weighted by atomic mass is 79.9. The predicted octanol–water partition coefficient (Wildman–Crippen LogP) is 3.89. The van der Waals surface area contributed by atoms with E-state index in [1.807, 2.05) is 61.5 Å². The molecule has 0 spiro atoms. The molecule has 3 rings (SSSR count). The average molecular weight is 445 g/mol. The van der Waals surface area contributed by atoms with Crippen molar-refractivity contribution in [3.05, 3.63) is 58.6 Å². The van der Waals surface area contributed by atoms with Gasteiger partial charge in [-0.25, -0.2) is 4.99 Å². The van der Waals surface area contributed by atoms with Crippen molar-refractivity contribution in [3.8, 4) is 0 Å². The molecule has 1 saturated heterocycles. The standard InChI is InChI=1S/C21H25BrN4O2/c1-26(2)18-9-3-6-15(12-18)20(27)25-21(23-14-19-10-5-11-28-19)24-17-8-4-7-16(22)13-17/h3-4,6-9,12-13,19H,5,10-11,14H2,1-2H3,(H2,23,24,25,27)/t19-/m0/s1. The first kappa shape index (κ1) is 20.4. The second-order valence-corrected chi connectivity index (χ2v) is 7.77. The van der Waals surface area contributed by atoms with E-state index in [0.717, 1.165) is 35.3 Å². The van der Waals surface area contributed by atoms with Gasteiger partial charge in [-0.2, -0.15) is 0 Å². The number of rotatable bonds is 5. The fourth-order valence-electron chi connectivity index (χ4n) is 2.90. The van der Waals surface area contributed by atoms with Gasteiger partial charge in [0.15, 0.2) is 0 Å². The normalized spacial score (nSPS) is 16.7. The topological polar surface area (TPSA) is 66.0 Å². The van der Waals surface area contributed by atoms with Crippen LogP contribution in [0.4, 0.5) is 11.4 Å². The minimum absolute atomic E-state index is 0.105. The van der Waals surface area contributed by atoms with Crippen LogP contribution in [0.3, 0.4) is 0 Å². The summed E-state index contributed by atoms with van der Waals surface area (Å²) in [5.41, 5.74) is 2.38. The predicted molar refractivity (Wildman–Crippen MR) is 117 cm³/mol. The minimum atomic E-state index is -0.211. The molecule has 0 saturated carbocycles. The molecule has 2 aromatic rings. The van der Waals surface area contributed by atoms with E-state index in [9.17, 15) is 4.79 Å². The molecular weight excluding hydrogens is 420 g/mol. The number of aliphatic imine (C=N–C) groups is 1. The van der Waals surface area contributed by atoms with Gasteiger partial charge in [0, 0.05) is 42.1 Å². The molecule has 0 bridgehead atoms. The Kier molecular flexibility index (Phi) is 7.06. The molecule has 1 amide bonds. The third-order valence-corrected chi connectivity index (χ3v) is 4.91. The molecule has 6 nitrogen and oxygen atoms in total. The average Bonchev–Trinajstić information content (AvgIpc) is 3.20. The Hall–Kier alpha value is -2.38. The number of nitrogens with zero attached hydrogens (tertiary/aromatic N) is 2. The summed E-state index contributed by atoms with van der Waals surface area (Å²) in [6, 6.07) is 15.2. The van der Waals surface area contributed by atoms with E-state index in [4.69, 9.17) is 4.74 Å². The van der Waals surface area contributed by atoms with Crippen LogP contribution in [-0.4, -0.2) is 45.2 Å². The summed E-state index contributed by atoms with van der Waals surface area (Å²) >= 11 is 3.46. The van der Waals surface area contributed by atoms with Crippen LogP contribution in [0.2, 0.25) is 0 Å². The van der Waals surface area contributed by atoms with E-state index < -0.39 is 0 Å². The van der Waals surface area contributed by atoms with Crippen LogP contribution in [0, 0.1) is 0 Å². The van der Waals surface area contributed by atoms with E-state index in [0.29, 0.717) is 18.1 Å². The first-order valence-electron chi connectivity index (χ1n) is 9.28. The molecule has 1 heterocycles. The second-order valence-electron chi connectivity index (χ2n) is 6.86. The fourth-order valence-corrected chi connectivity index (χ4v) is 3.30. The monoisotopic (exact) mass is 444 g/mol. The lowest BCUT2D eigenvalue weighted by molar-refractivity contribution is 0.0975. The van der Waals surface area contributed by atoms with E-state index in [-0.39, 0.29) is 12.0 Å². The summed E-state index contributed by atoms with van der Waals surface area (Å²) < 4.78 is 6.59. The fraction of sp³-hybridized carbons (Fsp3) is 0.333. The van der Waals surface area contributed by atoms with Gasteiger partial charge in [0.1, 0.15) is 0 Å². The van der Waals surface area contributed by atoms with Gasteiger partial charge in [0.05, 0.1) is 12.6 Å². The van der Waals surface area contributed by atoms with Gasteiger partial charge < -0.3 is 15.0 Å². The maximum absolute atomic E-state index is 12.8. The molecule has 0 aromatic heterocycles. The van der Waals surface area contributed by atoms with Crippen LogP contribution in [0.25, 0.3) is 0 Å². The van der Waals surface area contributed by atoms with Crippen molar-refractivity contribution in [1.29, 1.82) is 0 Å². The summed E-state index contributed by atoms with van der Waals surface area (Å²) in [4.78, 5) is 19.3. The number of halogens is 1. The number of hydrogen-bond donors (Lipinski definition) is 2. The third-order valence-electron chi connectivity index (χ3n) is 4.42. The molecule has 1 atom stereocenters. The molecule has 1 aliphatic rings. The van der Waals surface area contributed by atoms with E-state index in [2.05, 4.69) is 31.6 Å². The Morgan fingerprint density at radius 3 is 2.79 bits per heavy atom. The van der Waals surface area contributed by atoms with Gasteiger partial charge >= 0.3 is 0 Å². The smallest absolute Gasteiger partial charge is 0.258 e. The number of carbonyl (C=O) groups is 1. The number of hydrogen-bond acceptors (Lipinski definition) is 4. The van der Waals surface area contributed by atoms with Gasteiger partial charge in [-0.3, -0.25) is 10.1 Å². The van der Waals surface area contributed by atoms with Crippen molar-refractivity contribution in [2.45, 2.75) is 18.9 Å². The molecular formula is C21H25BrN4O2. The largest absolute Gasteiger partial charge is 0.378 e. The zero-order valence-electron chi connectivity index (χ0n) is 16.1. The second kappa shape index (κ2) is 9.71. The highest BCUT2D eigenvalue weighted by molar-refractivity contribution is 9.10. The molecule has 0 unspecified atom stereocenters. The van der Waals surface area contributed by atoms with Crippen molar-refractivity contribution >= 4 is 39.2 Å². The highest BCUT2D eigenvalue weighted by Gasteiger charge is 2.16. The van der Waals surface area contributed by atoms with Crippen LogP contribution < -0.4 is 15.5 Å². The first-order chi connectivity index (χ1) is 13.5. The van der Waals surface area contributed by atoms with Crippen LogP contribution in [-0.2, 0) is 4.74 Å². The van der Waals surface area contributed by atoms with Crippen molar-refractivity contribution < 1.29 is 9.53 Å². The van der Waals surface area contributed by atoms with Crippen molar-refractivity contribution in [2.75, 3.05) is 37.5 Å². The molecule has 1 fully saturated rings. The maximum Gasteiger partial charge on any atom is 0.258 e. The number of nitrogens with one attached hydrogen (secondary N) is 2. The number of amides is 1. The van der Waals surface area contributed by atoms with E-state index in [1.54, 1.807) is 6.07 Å². The van der Waals surface area contributed by atoms with E-state index >= 15 is 0 Å². The summed E-state index contributed by atoms with van der Waals surface area (Å²) in [6.45, 7) is 1.28. The minimum Gasteiger partial charge on any atom is -0.378 e. The molecule has 2 N–H and O–H groups in total. The number of anilines is 2. The summed E-state index contributed by atoms with van der Waals surface area (Å²) in [5.74, 6) is 0.200. The van der Waals surface area contributed by atoms with Gasteiger partial charge in [-0.15, -0.1) is 0 Å². The Balaban J connectivity index is 1.76.